The lowest BCUT2D eigenvalue weighted by molar-refractivity contribution is 0.240. The average Bonchev–Trinajstić information content (AvgIpc) is 2.83. The van der Waals surface area contributed by atoms with Gasteiger partial charge in [0.05, 0.1) is 0 Å². The van der Waals surface area contributed by atoms with E-state index in [1.165, 1.54) is 19.3 Å². The molecule has 0 aromatic heterocycles. The van der Waals surface area contributed by atoms with Crippen LogP contribution < -0.4 is 5.73 Å². The van der Waals surface area contributed by atoms with Gasteiger partial charge in [0, 0.05) is 28.6 Å². The van der Waals surface area contributed by atoms with E-state index in [-0.39, 0.29) is 6.04 Å². The molecule has 1 aliphatic heterocycles. The van der Waals surface area contributed by atoms with E-state index in [0.717, 1.165) is 34.1 Å². The summed E-state index contributed by atoms with van der Waals surface area (Å²) in [7, 11) is 0. The van der Waals surface area contributed by atoms with Gasteiger partial charge in [0.2, 0.25) is 0 Å². The molecule has 0 bridgehead atoms. The highest BCUT2D eigenvalue weighted by atomic mass is 79.9. The maximum atomic E-state index is 6.34. The summed E-state index contributed by atoms with van der Waals surface area (Å²) in [4.78, 5) is 2.49. The Hall–Kier alpha value is -0.0900. The first kappa shape index (κ1) is 15.3. The van der Waals surface area contributed by atoms with Crippen molar-refractivity contribution in [2.75, 3.05) is 19.6 Å². The highest BCUT2D eigenvalue weighted by Gasteiger charge is 2.29. The predicted octanol–water partition coefficient (Wildman–Crippen LogP) is 4.22. The van der Waals surface area contributed by atoms with Gasteiger partial charge >= 0.3 is 0 Å². The van der Waals surface area contributed by atoms with Gasteiger partial charge < -0.3 is 5.73 Å². The number of hydrogen-bond donors (Lipinski definition) is 1. The zero-order chi connectivity index (χ0) is 13.8. The molecule has 2 rings (SSSR count). The third kappa shape index (κ3) is 3.72. The first-order valence-electron chi connectivity index (χ1n) is 7.04. The molecule has 1 fully saturated rings. The third-order valence-corrected chi connectivity index (χ3v) is 4.83. The van der Waals surface area contributed by atoms with E-state index in [1.54, 1.807) is 0 Å². The van der Waals surface area contributed by atoms with Crippen LogP contribution >= 0.6 is 27.5 Å². The van der Waals surface area contributed by atoms with Crippen LogP contribution in [0.3, 0.4) is 0 Å². The molecule has 19 heavy (non-hydrogen) atoms. The number of halogens is 2. The lowest BCUT2D eigenvalue weighted by atomic mass is 10.0. The first-order chi connectivity index (χ1) is 9.15. The monoisotopic (exact) mass is 344 g/mol. The summed E-state index contributed by atoms with van der Waals surface area (Å²) in [6, 6.07) is 6.27. The minimum Gasteiger partial charge on any atom is -0.329 e. The number of rotatable bonds is 5. The van der Waals surface area contributed by atoms with Crippen molar-refractivity contribution in [1.29, 1.82) is 0 Å². The van der Waals surface area contributed by atoms with Gasteiger partial charge in [-0.1, -0.05) is 40.9 Å². The van der Waals surface area contributed by atoms with Crippen molar-refractivity contribution >= 4 is 27.5 Å². The normalized spacial score (nSPS) is 21.8. The first-order valence-corrected chi connectivity index (χ1v) is 8.21. The molecule has 2 nitrogen and oxygen atoms in total. The van der Waals surface area contributed by atoms with Gasteiger partial charge in [0.1, 0.15) is 0 Å². The maximum Gasteiger partial charge on any atom is 0.0485 e. The number of nitrogens with two attached hydrogens (primary N) is 1. The fourth-order valence-corrected chi connectivity index (χ4v) is 3.65. The Morgan fingerprint density at radius 3 is 3.00 bits per heavy atom. The zero-order valence-corrected chi connectivity index (χ0v) is 13.8. The van der Waals surface area contributed by atoms with Gasteiger partial charge in [0.25, 0.3) is 0 Å². The van der Waals surface area contributed by atoms with Crippen LogP contribution in [0.4, 0.5) is 0 Å². The van der Waals surface area contributed by atoms with Gasteiger partial charge in [-0.25, -0.2) is 0 Å². The highest BCUT2D eigenvalue weighted by Crippen LogP contribution is 2.33. The van der Waals surface area contributed by atoms with E-state index in [1.807, 2.05) is 12.1 Å². The van der Waals surface area contributed by atoms with E-state index in [0.29, 0.717) is 6.54 Å². The molecule has 106 valence electrons. The van der Waals surface area contributed by atoms with Crippen LogP contribution in [0.1, 0.15) is 37.8 Å². The number of likely N-dealkylation sites (tertiary alicyclic amines) is 1. The Bertz CT molecular complexity index is 425. The van der Waals surface area contributed by atoms with Crippen LogP contribution in [-0.4, -0.2) is 24.5 Å². The Kier molecular flexibility index (Phi) is 5.70. The van der Waals surface area contributed by atoms with E-state index in [9.17, 15) is 0 Å². The summed E-state index contributed by atoms with van der Waals surface area (Å²) < 4.78 is 1.06. The molecule has 0 aliphatic carbocycles. The quantitative estimate of drug-likeness (QED) is 0.865. The molecule has 2 atom stereocenters. The molecule has 0 saturated carbocycles. The minimum absolute atomic E-state index is 0.242. The lowest BCUT2D eigenvalue weighted by Crippen LogP contribution is -2.32. The van der Waals surface area contributed by atoms with Gasteiger partial charge in [-0.15, -0.1) is 0 Å². The lowest BCUT2D eigenvalue weighted by Gasteiger charge is -2.28. The summed E-state index contributed by atoms with van der Waals surface area (Å²) in [5, 5.41) is 0.817. The van der Waals surface area contributed by atoms with Crippen LogP contribution in [0.25, 0.3) is 0 Å². The molecule has 1 aromatic carbocycles. The van der Waals surface area contributed by atoms with E-state index < -0.39 is 0 Å². The average molecular weight is 346 g/mol. The summed E-state index contributed by atoms with van der Waals surface area (Å²) in [5.74, 6) is 0.824. The van der Waals surface area contributed by atoms with Gasteiger partial charge in [-0.3, -0.25) is 4.90 Å². The van der Waals surface area contributed by atoms with Gasteiger partial charge in [0.15, 0.2) is 0 Å². The molecule has 1 aromatic rings. The molecule has 0 amide bonds. The minimum atomic E-state index is 0.242. The van der Waals surface area contributed by atoms with Gasteiger partial charge in [-0.2, -0.15) is 0 Å². The molecular weight excluding hydrogens is 324 g/mol. The molecule has 1 aliphatic rings. The molecule has 2 N–H and O–H groups in total. The highest BCUT2D eigenvalue weighted by molar-refractivity contribution is 9.10. The molecule has 4 heteroatoms. The zero-order valence-electron chi connectivity index (χ0n) is 11.4. The van der Waals surface area contributed by atoms with Crippen molar-refractivity contribution in [1.82, 2.24) is 4.90 Å². The second-order valence-corrected chi connectivity index (χ2v) is 6.68. The number of benzene rings is 1. The van der Waals surface area contributed by atoms with Gasteiger partial charge in [-0.05, 0) is 49.1 Å². The predicted molar refractivity (Wildman–Crippen MR) is 85.5 cm³/mol. The Balaban J connectivity index is 2.14. The smallest absolute Gasteiger partial charge is 0.0485 e. The molecule has 0 radical (unpaired) electrons. The number of hydrogen-bond acceptors (Lipinski definition) is 2. The second-order valence-electron chi connectivity index (χ2n) is 5.36. The van der Waals surface area contributed by atoms with E-state index in [2.05, 4.69) is 33.8 Å². The summed E-state index contributed by atoms with van der Waals surface area (Å²) >= 11 is 9.86. The largest absolute Gasteiger partial charge is 0.329 e. The second kappa shape index (κ2) is 7.07. The standard InChI is InChI=1S/C15H22BrClN2/c1-2-3-11-6-7-19(10-11)15(9-18)13-8-12(16)4-5-14(13)17/h4-5,8,11,15H,2-3,6-7,9-10,18H2,1H3. The molecule has 0 spiro atoms. The fourth-order valence-electron chi connectivity index (χ4n) is 3.03. The molecular formula is C15H22BrClN2. The van der Waals surface area contributed by atoms with Crippen molar-refractivity contribution in [3.63, 3.8) is 0 Å². The van der Waals surface area contributed by atoms with Crippen molar-refractivity contribution < 1.29 is 0 Å². The Morgan fingerprint density at radius 1 is 1.53 bits per heavy atom. The van der Waals surface area contributed by atoms with E-state index in [4.69, 9.17) is 17.3 Å². The van der Waals surface area contributed by atoms with E-state index >= 15 is 0 Å². The van der Waals surface area contributed by atoms with Crippen LogP contribution in [0.2, 0.25) is 5.02 Å². The number of nitrogens with zero attached hydrogens (tertiary/aromatic N) is 1. The summed E-state index contributed by atoms with van der Waals surface area (Å²) in [6.07, 6.45) is 3.87. The molecule has 1 saturated heterocycles. The molecule has 1 heterocycles. The van der Waals surface area contributed by atoms with Crippen LogP contribution in [0, 0.1) is 5.92 Å². The topological polar surface area (TPSA) is 29.3 Å². The molecule has 2 unspecified atom stereocenters. The maximum absolute atomic E-state index is 6.34. The Morgan fingerprint density at radius 2 is 2.32 bits per heavy atom. The third-order valence-electron chi connectivity index (χ3n) is 4.00. The van der Waals surface area contributed by atoms with Crippen LogP contribution in [-0.2, 0) is 0 Å². The van der Waals surface area contributed by atoms with Crippen LogP contribution in [0.5, 0.6) is 0 Å². The summed E-state index contributed by atoms with van der Waals surface area (Å²) in [5.41, 5.74) is 7.16. The van der Waals surface area contributed by atoms with Crippen molar-refractivity contribution in [2.24, 2.45) is 11.7 Å². The van der Waals surface area contributed by atoms with Crippen molar-refractivity contribution in [3.05, 3.63) is 33.3 Å². The Labute approximate surface area is 129 Å². The van der Waals surface area contributed by atoms with Crippen LogP contribution in [0.15, 0.2) is 22.7 Å². The van der Waals surface area contributed by atoms with Crippen molar-refractivity contribution in [3.8, 4) is 0 Å². The van der Waals surface area contributed by atoms with Crippen molar-refractivity contribution in [2.45, 2.75) is 32.2 Å². The SMILES string of the molecule is CCCC1CCN(C(CN)c2cc(Br)ccc2Cl)C1. The summed E-state index contributed by atoms with van der Waals surface area (Å²) in [6.45, 7) is 5.16. The fraction of sp³-hybridized carbons (Fsp3) is 0.600.